The molecule has 5 nitrogen and oxygen atoms in total. The maximum absolute atomic E-state index is 12.8. The van der Waals surface area contributed by atoms with E-state index in [1.807, 2.05) is 42.5 Å². The van der Waals surface area contributed by atoms with Crippen LogP contribution in [0.15, 0.2) is 91.5 Å². The monoisotopic (exact) mass is 378 g/mol. The van der Waals surface area contributed by atoms with E-state index in [1.165, 1.54) is 0 Å². The lowest BCUT2D eigenvalue weighted by atomic mass is 10.1. The smallest absolute Gasteiger partial charge is 0.320 e. The highest BCUT2D eigenvalue weighted by molar-refractivity contribution is 5.91. The van der Waals surface area contributed by atoms with Crippen LogP contribution in [0.5, 0.6) is 0 Å². The van der Waals surface area contributed by atoms with E-state index in [-0.39, 0.29) is 12.1 Å². The predicted molar refractivity (Wildman–Crippen MR) is 113 cm³/mol. The summed E-state index contributed by atoms with van der Waals surface area (Å²) < 4.78 is 0. The van der Waals surface area contributed by atoms with Crippen LogP contribution in [0.2, 0.25) is 0 Å². The van der Waals surface area contributed by atoms with Gasteiger partial charge in [-0.05, 0) is 34.4 Å². The van der Waals surface area contributed by atoms with Crippen molar-refractivity contribution in [1.29, 1.82) is 0 Å². The molecule has 0 radical (unpaired) electrons. The van der Waals surface area contributed by atoms with Gasteiger partial charge in [-0.15, -0.1) is 0 Å². The third-order valence-corrected chi connectivity index (χ3v) is 5.10. The Labute approximate surface area is 168 Å². The molecule has 2 aromatic carbocycles. The van der Waals surface area contributed by atoms with Gasteiger partial charge in [-0.25, -0.2) is 4.79 Å². The second-order valence-corrected chi connectivity index (χ2v) is 6.91. The lowest BCUT2D eigenvalue weighted by molar-refractivity contribution is 0.250. The molecule has 2 heterocycles. The molecular weight excluding hydrogens is 360 g/mol. The number of amides is 2. The zero-order chi connectivity index (χ0) is 19.6. The fourth-order valence-electron chi connectivity index (χ4n) is 3.81. The van der Waals surface area contributed by atoms with E-state index in [0.29, 0.717) is 5.69 Å². The van der Waals surface area contributed by atoms with Crippen LogP contribution in [0.1, 0.15) is 17.2 Å². The summed E-state index contributed by atoms with van der Waals surface area (Å²) in [6.45, 7) is 0. The highest BCUT2D eigenvalue weighted by atomic mass is 16.2. The van der Waals surface area contributed by atoms with Gasteiger partial charge in [0.1, 0.15) is 0 Å². The van der Waals surface area contributed by atoms with Crippen molar-refractivity contribution in [2.75, 3.05) is 5.32 Å². The minimum atomic E-state index is -0.272. The Morgan fingerprint density at radius 3 is 2.14 bits per heavy atom. The number of nitrogens with one attached hydrogen (secondary N) is 2. The molecule has 0 saturated heterocycles. The summed E-state index contributed by atoms with van der Waals surface area (Å²) in [5.74, 6) is 0. The van der Waals surface area contributed by atoms with Gasteiger partial charge in [0.25, 0.3) is 0 Å². The Morgan fingerprint density at radius 1 is 0.759 bits per heavy atom. The number of carbonyl (C=O) groups is 1. The molecule has 0 unspecified atom stereocenters. The summed E-state index contributed by atoms with van der Waals surface area (Å²) in [6.07, 6.45) is 6.89. The molecule has 0 saturated carbocycles. The molecule has 2 amide bonds. The fourth-order valence-corrected chi connectivity index (χ4v) is 3.81. The predicted octanol–water partition coefficient (Wildman–Crippen LogP) is 5.04. The second kappa shape index (κ2) is 7.20. The van der Waals surface area contributed by atoms with Crippen molar-refractivity contribution in [1.82, 2.24) is 15.3 Å². The molecule has 1 aliphatic carbocycles. The maximum Gasteiger partial charge on any atom is 0.320 e. The lowest BCUT2D eigenvalue weighted by Crippen LogP contribution is -2.32. The molecule has 2 N–H and O–H groups in total. The van der Waals surface area contributed by atoms with Crippen molar-refractivity contribution in [3.05, 3.63) is 103 Å². The average molecular weight is 378 g/mol. The molecule has 2 aromatic heterocycles. The van der Waals surface area contributed by atoms with Crippen molar-refractivity contribution < 1.29 is 4.79 Å². The van der Waals surface area contributed by atoms with Crippen LogP contribution < -0.4 is 10.6 Å². The number of urea groups is 1. The van der Waals surface area contributed by atoms with E-state index in [9.17, 15) is 4.79 Å². The highest BCUT2D eigenvalue weighted by Crippen LogP contribution is 2.42. The summed E-state index contributed by atoms with van der Waals surface area (Å²) in [5, 5.41) is 6.02. The molecule has 140 valence electrons. The zero-order valence-electron chi connectivity index (χ0n) is 15.5. The molecule has 0 fully saturated rings. The number of pyridine rings is 2. The van der Waals surface area contributed by atoms with Gasteiger partial charge in [0.05, 0.1) is 17.9 Å². The molecule has 4 aromatic rings. The maximum atomic E-state index is 12.8. The number of carbonyl (C=O) groups excluding carboxylic acids is 1. The van der Waals surface area contributed by atoms with E-state index in [4.69, 9.17) is 0 Å². The summed E-state index contributed by atoms with van der Waals surface area (Å²) in [4.78, 5) is 21.2. The molecular formula is C24H18N4O. The van der Waals surface area contributed by atoms with E-state index in [0.717, 1.165) is 33.4 Å². The first-order valence-corrected chi connectivity index (χ1v) is 9.41. The van der Waals surface area contributed by atoms with Gasteiger partial charge < -0.3 is 10.6 Å². The number of benzene rings is 2. The van der Waals surface area contributed by atoms with Crippen molar-refractivity contribution in [3.63, 3.8) is 0 Å². The molecule has 5 heteroatoms. The quantitative estimate of drug-likeness (QED) is 0.525. The number of hydrogen-bond donors (Lipinski definition) is 2. The number of fused-ring (bicyclic) bond motifs is 3. The van der Waals surface area contributed by atoms with Gasteiger partial charge in [0.15, 0.2) is 0 Å². The minimum absolute atomic E-state index is 0.183. The Kier molecular flexibility index (Phi) is 4.26. The van der Waals surface area contributed by atoms with Crippen LogP contribution in [0.25, 0.3) is 22.3 Å². The third kappa shape index (κ3) is 3.23. The highest BCUT2D eigenvalue weighted by Gasteiger charge is 2.29. The molecule has 0 atom stereocenters. The van der Waals surface area contributed by atoms with Gasteiger partial charge >= 0.3 is 6.03 Å². The Hall–Kier alpha value is -3.99. The van der Waals surface area contributed by atoms with Gasteiger partial charge in [-0.2, -0.15) is 0 Å². The Bertz CT molecular complexity index is 1140. The molecule has 29 heavy (non-hydrogen) atoms. The van der Waals surface area contributed by atoms with Crippen LogP contribution in [-0.2, 0) is 0 Å². The van der Waals surface area contributed by atoms with E-state index >= 15 is 0 Å². The number of rotatable bonds is 3. The topological polar surface area (TPSA) is 66.9 Å². The van der Waals surface area contributed by atoms with Gasteiger partial charge in [0, 0.05) is 29.7 Å². The first kappa shape index (κ1) is 17.1. The van der Waals surface area contributed by atoms with Gasteiger partial charge in [0.2, 0.25) is 0 Å². The van der Waals surface area contributed by atoms with E-state index in [2.05, 4.69) is 44.9 Å². The molecule has 5 rings (SSSR count). The molecule has 0 spiro atoms. The zero-order valence-corrected chi connectivity index (χ0v) is 15.5. The second-order valence-electron chi connectivity index (χ2n) is 6.91. The largest absolute Gasteiger partial charge is 0.327 e. The summed E-state index contributed by atoms with van der Waals surface area (Å²) in [6, 6.07) is 21.6. The first-order valence-electron chi connectivity index (χ1n) is 9.41. The van der Waals surface area contributed by atoms with Crippen molar-refractivity contribution in [2.45, 2.75) is 6.04 Å². The van der Waals surface area contributed by atoms with Crippen LogP contribution in [0.4, 0.5) is 10.5 Å². The summed E-state index contributed by atoms with van der Waals surface area (Å²) in [5.41, 5.74) is 7.00. The SMILES string of the molecule is O=C(Nc1cncc(-c2cccnc2)c1)NC1c2ccccc2-c2ccccc21. The fraction of sp³-hybridized carbons (Fsp3) is 0.0417. The van der Waals surface area contributed by atoms with Gasteiger partial charge in [-0.3, -0.25) is 9.97 Å². The minimum Gasteiger partial charge on any atom is -0.327 e. The van der Waals surface area contributed by atoms with Crippen molar-refractivity contribution in [2.24, 2.45) is 0 Å². The van der Waals surface area contributed by atoms with Crippen LogP contribution in [0.3, 0.4) is 0 Å². The number of aromatic nitrogens is 2. The molecule has 0 aliphatic heterocycles. The van der Waals surface area contributed by atoms with E-state index < -0.39 is 0 Å². The first-order chi connectivity index (χ1) is 14.3. The standard InChI is InChI=1S/C24H18N4O/c29-24(27-18-12-17(14-26-15-18)16-6-5-11-25-13-16)28-23-21-9-3-1-7-19(21)20-8-2-4-10-22(20)23/h1-15,23H,(H2,27,28,29). The molecule has 1 aliphatic rings. The number of nitrogens with zero attached hydrogens (tertiary/aromatic N) is 2. The van der Waals surface area contributed by atoms with Crippen LogP contribution >= 0.6 is 0 Å². The lowest BCUT2D eigenvalue weighted by Gasteiger charge is -2.16. The van der Waals surface area contributed by atoms with Gasteiger partial charge in [-0.1, -0.05) is 54.6 Å². The van der Waals surface area contributed by atoms with Crippen molar-refractivity contribution >= 4 is 11.7 Å². The summed E-state index contributed by atoms with van der Waals surface area (Å²) in [7, 11) is 0. The number of hydrogen-bond acceptors (Lipinski definition) is 3. The normalized spacial score (nSPS) is 12.1. The Morgan fingerprint density at radius 2 is 1.45 bits per heavy atom. The Balaban J connectivity index is 1.38. The summed E-state index contributed by atoms with van der Waals surface area (Å²) >= 11 is 0. The third-order valence-electron chi connectivity index (χ3n) is 5.10. The van der Waals surface area contributed by atoms with Crippen LogP contribution in [0, 0.1) is 0 Å². The van der Waals surface area contributed by atoms with Crippen molar-refractivity contribution in [3.8, 4) is 22.3 Å². The number of anilines is 1. The molecule has 0 bridgehead atoms. The van der Waals surface area contributed by atoms with E-state index in [1.54, 1.807) is 24.8 Å². The van der Waals surface area contributed by atoms with Crippen LogP contribution in [-0.4, -0.2) is 16.0 Å². The average Bonchev–Trinajstić information content (AvgIpc) is 3.08.